The van der Waals surface area contributed by atoms with Gasteiger partial charge in [0.25, 0.3) is 0 Å². The van der Waals surface area contributed by atoms with Crippen LogP contribution in [-0.2, 0) is 4.79 Å². The van der Waals surface area contributed by atoms with Crippen LogP contribution in [0.25, 0.3) is 11.1 Å². The zero-order chi connectivity index (χ0) is 12.4. The summed E-state index contributed by atoms with van der Waals surface area (Å²) >= 11 is 0. The molecule has 1 unspecified atom stereocenters. The van der Waals surface area contributed by atoms with Crippen molar-refractivity contribution in [2.45, 2.75) is 25.2 Å². The predicted molar refractivity (Wildman–Crippen MR) is 73.5 cm³/mol. The molecule has 1 nitrogen and oxygen atoms in total. The normalized spacial score (nSPS) is 19.1. The summed E-state index contributed by atoms with van der Waals surface area (Å²) in [7, 11) is 0. The number of rotatable bonds is 2. The van der Waals surface area contributed by atoms with Crippen LogP contribution in [0.3, 0.4) is 0 Å². The lowest BCUT2D eigenvalue weighted by Gasteiger charge is -2.10. The van der Waals surface area contributed by atoms with Gasteiger partial charge in [-0.15, -0.1) is 0 Å². The van der Waals surface area contributed by atoms with Crippen molar-refractivity contribution in [2.24, 2.45) is 0 Å². The molecule has 0 radical (unpaired) electrons. The van der Waals surface area contributed by atoms with Gasteiger partial charge in [0, 0.05) is 12.3 Å². The minimum absolute atomic E-state index is 0.133. The van der Waals surface area contributed by atoms with Crippen molar-refractivity contribution in [2.75, 3.05) is 0 Å². The van der Waals surface area contributed by atoms with E-state index in [1.807, 2.05) is 18.2 Å². The molecule has 1 heteroatoms. The van der Waals surface area contributed by atoms with Gasteiger partial charge >= 0.3 is 0 Å². The van der Waals surface area contributed by atoms with Crippen LogP contribution in [0.5, 0.6) is 0 Å². The summed E-state index contributed by atoms with van der Waals surface area (Å²) in [6.45, 7) is 0. The maximum atomic E-state index is 11.8. The number of carbonyl (C=O) groups is 1. The highest BCUT2D eigenvalue weighted by molar-refractivity contribution is 5.88. The summed E-state index contributed by atoms with van der Waals surface area (Å²) in [6, 6.07) is 18.7. The summed E-state index contributed by atoms with van der Waals surface area (Å²) < 4.78 is 0. The Morgan fingerprint density at radius 3 is 2.39 bits per heavy atom. The van der Waals surface area contributed by atoms with Crippen molar-refractivity contribution >= 4 is 5.78 Å². The molecule has 3 rings (SSSR count). The Kier molecular flexibility index (Phi) is 2.97. The van der Waals surface area contributed by atoms with Crippen LogP contribution in [0.1, 0.15) is 30.7 Å². The molecule has 1 saturated carbocycles. The molecule has 0 aromatic heterocycles. The van der Waals surface area contributed by atoms with Gasteiger partial charge in [0.15, 0.2) is 0 Å². The molecule has 1 aliphatic rings. The summed E-state index contributed by atoms with van der Waals surface area (Å²) in [6.07, 6.45) is 2.80. The van der Waals surface area contributed by atoms with Crippen LogP contribution in [0.4, 0.5) is 0 Å². The second-order valence-corrected chi connectivity index (χ2v) is 4.90. The van der Waals surface area contributed by atoms with Gasteiger partial charge in [-0.2, -0.15) is 0 Å². The number of benzene rings is 2. The number of ketones is 1. The maximum absolute atomic E-state index is 11.8. The Bertz CT molecular complexity index is 557. The number of Topliss-reactive ketones (excluding diaryl/α,β-unsaturated/α-hetero) is 1. The molecule has 1 aliphatic carbocycles. The third-order valence-electron chi connectivity index (χ3n) is 3.70. The van der Waals surface area contributed by atoms with Crippen LogP contribution < -0.4 is 0 Å². The zero-order valence-corrected chi connectivity index (χ0v) is 10.3. The van der Waals surface area contributed by atoms with E-state index in [0.717, 1.165) is 19.3 Å². The maximum Gasteiger partial charge on any atom is 0.140 e. The SMILES string of the molecule is O=C1CCCC1c1cccc(-c2ccccc2)c1. The molecule has 2 aromatic carbocycles. The first-order valence-corrected chi connectivity index (χ1v) is 6.53. The average molecular weight is 236 g/mol. The van der Waals surface area contributed by atoms with E-state index in [1.54, 1.807) is 0 Å². The monoisotopic (exact) mass is 236 g/mol. The number of hydrogen-bond acceptors (Lipinski definition) is 1. The fourth-order valence-electron chi connectivity index (χ4n) is 2.73. The minimum atomic E-state index is 0.133. The first kappa shape index (κ1) is 11.2. The molecule has 0 saturated heterocycles. The fourth-order valence-corrected chi connectivity index (χ4v) is 2.73. The molecule has 0 heterocycles. The van der Waals surface area contributed by atoms with E-state index in [-0.39, 0.29) is 5.92 Å². The van der Waals surface area contributed by atoms with Crippen molar-refractivity contribution in [3.8, 4) is 11.1 Å². The Balaban J connectivity index is 1.97. The van der Waals surface area contributed by atoms with Gasteiger partial charge in [0.1, 0.15) is 5.78 Å². The first-order chi connectivity index (χ1) is 8.84. The average Bonchev–Trinajstić information content (AvgIpc) is 2.86. The Morgan fingerprint density at radius 1 is 0.889 bits per heavy atom. The van der Waals surface area contributed by atoms with Gasteiger partial charge in [-0.25, -0.2) is 0 Å². The second-order valence-electron chi connectivity index (χ2n) is 4.90. The number of hydrogen-bond donors (Lipinski definition) is 0. The quantitative estimate of drug-likeness (QED) is 0.764. The second kappa shape index (κ2) is 4.77. The summed E-state index contributed by atoms with van der Waals surface area (Å²) in [4.78, 5) is 11.8. The topological polar surface area (TPSA) is 17.1 Å². The Labute approximate surface area is 107 Å². The highest BCUT2D eigenvalue weighted by Crippen LogP contribution is 2.33. The summed E-state index contributed by atoms with van der Waals surface area (Å²) in [5.74, 6) is 0.536. The van der Waals surface area contributed by atoms with Crippen molar-refractivity contribution < 1.29 is 4.79 Å². The van der Waals surface area contributed by atoms with Crippen molar-refractivity contribution in [3.05, 3.63) is 60.2 Å². The third-order valence-corrected chi connectivity index (χ3v) is 3.70. The van der Waals surface area contributed by atoms with Crippen LogP contribution in [-0.4, -0.2) is 5.78 Å². The molecular weight excluding hydrogens is 220 g/mol. The van der Waals surface area contributed by atoms with Crippen molar-refractivity contribution in [1.29, 1.82) is 0 Å². The lowest BCUT2D eigenvalue weighted by atomic mass is 9.93. The van der Waals surface area contributed by atoms with Gasteiger partial charge in [0.05, 0.1) is 0 Å². The Hall–Kier alpha value is -1.89. The largest absolute Gasteiger partial charge is 0.299 e. The molecule has 1 fully saturated rings. The molecule has 0 aliphatic heterocycles. The van der Waals surface area contributed by atoms with Gasteiger partial charge in [-0.1, -0.05) is 54.6 Å². The predicted octanol–water partition coefficient (Wildman–Crippen LogP) is 4.19. The molecule has 0 spiro atoms. The molecule has 90 valence electrons. The van der Waals surface area contributed by atoms with Crippen LogP contribution in [0.15, 0.2) is 54.6 Å². The van der Waals surface area contributed by atoms with Crippen LogP contribution >= 0.6 is 0 Å². The summed E-state index contributed by atoms with van der Waals surface area (Å²) in [5.41, 5.74) is 3.59. The van der Waals surface area contributed by atoms with E-state index in [0.29, 0.717) is 5.78 Å². The molecule has 2 aromatic rings. The third kappa shape index (κ3) is 2.08. The molecule has 0 bridgehead atoms. The standard InChI is InChI=1S/C17H16O/c18-17-11-5-10-16(17)15-9-4-8-14(12-15)13-6-2-1-3-7-13/h1-4,6-9,12,16H,5,10-11H2. The van der Waals surface area contributed by atoms with Gasteiger partial charge in [0.2, 0.25) is 0 Å². The van der Waals surface area contributed by atoms with Gasteiger partial charge < -0.3 is 0 Å². The van der Waals surface area contributed by atoms with E-state index < -0.39 is 0 Å². The van der Waals surface area contributed by atoms with Crippen LogP contribution in [0, 0.1) is 0 Å². The highest BCUT2D eigenvalue weighted by Gasteiger charge is 2.25. The van der Waals surface area contributed by atoms with Crippen LogP contribution in [0.2, 0.25) is 0 Å². The first-order valence-electron chi connectivity index (χ1n) is 6.53. The summed E-state index contributed by atoms with van der Waals surface area (Å²) in [5, 5.41) is 0. The van der Waals surface area contributed by atoms with E-state index in [9.17, 15) is 4.79 Å². The molecule has 18 heavy (non-hydrogen) atoms. The zero-order valence-electron chi connectivity index (χ0n) is 10.3. The Morgan fingerprint density at radius 2 is 1.67 bits per heavy atom. The van der Waals surface area contributed by atoms with Gasteiger partial charge in [-0.05, 0) is 29.5 Å². The van der Waals surface area contributed by atoms with Crippen molar-refractivity contribution in [1.82, 2.24) is 0 Å². The highest BCUT2D eigenvalue weighted by atomic mass is 16.1. The molecule has 0 N–H and O–H groups in total. The molecular formula is C17H16O. The van der Waals surface area contributed by atoms with E-state index in [1.165, 1.54) is 16.7 Å². The van der Waals surface area contributed by atoms with Gasteiger partial charge in [-0.3, -0.25) is 4.79 Å². The minimum Gasteiger partial charge on any atom is -0.299 e. The molecule has 1 atom stereocenters. The number of carbonyl (C=O) groups excluding carboxylic acids is 1. The fraction of sp³-hybridized carbons (Fsp3) is 0.235. The molecule has 0 amide bonds. The van der Waals surface area contributed by atoms with E-state index >= 15 is 0 Å². The lowest BCUT2D eigenvalue weighted by molar-refractivity contribution is -0.118. The smallest absolute Gasteiger partial charge is 0.140 e. The van der Waals surface area contributed by atoms with E-state index in [4.69, 9.17) is 0 Å². The van der Waals surface area contributed by atoms with E-state index in [2.05, 4.69) is 36.4 Å². The van der Waals surface area contributed by atoms with Crippen molar-refractivity contribution in [3.63, 3.8) is 0 Å². The lowest BCUT2D eigenvalue weighted by Crippen LogP contribution is -2.03.